The number of rotatable bonds is 12. The van der Waals surface area contributed by atoms with Crippen LogP contribution in [0.2, 0.25) is 0 Å². The Morgan fingerprint density at radius 2 is 1.17 bits per heavy atom. The molecule has 4 aromatic rings. The Kier molecular flexibility index (Phi) is 10.5. The highest BCUT2D eigenvalue weighted by Crippen LogP contribution is 2.37. The lowest BCUT2D eigenvalue weighted by atomic mass is 9.77. The van der Waals surface area contributed by atoms with Crippen LogP contribution in [0.4, 0.5) is 4.79 Å². The maximum absolute atomic E-state index is 13.4. The molecule has 0 aliphatic carbocycles. The van der Waals surface area contributed by atoms with E-state index in [0.29, 0.717) is 17.8 Å². The summed E-state index contributed by atoms with van der Waals surface area (Å²) in [7, 11) is -0.706. The van der Waals surface area contributed by atoms with E-state index in [9.17, 15) is 9.59 Å². The van der Waals surface area contributed by atoms with Crippen LogP contribution >= 0.6 is 0 Å². The number of nitrogens with one attached hydrogen (secondary N) is 1. The molecule has 0 unspecified atom stereocenters. The molecule has 4 aromatic carbocycles. The average molecular weight is 622 g/mol. The fraction of sp³-hybridized carbons (Fsp3) is 0.297. The summed E-state index contributed by atoms with van der Waals surface area (Å²) in [5.74, 6) is 0.0200. The maximum atomic E-state index is 13.4. The normalized spacial score (nSPS) is 15.5. The van der Waals surface area contributed by atoms with Crippen molar-refractivity contribution < 1.29 is 33.1 Å². The number of amides is 1. The fourth-order valence-electron chi connectivity index (χ4n) is 4.91. The van der Waals surface area contributed by atoms with Crippen LogP contribution in [0.25, 0.3) is 0 Å². The summed E-state index contributed by atoms with van der Waals surface area (Å²) in [6, 6.07) is 33.2. The van der Waals surface area contributed by atoms with Gasteiger partial charge in [-0.25, -0.2) is 9.59 Å². The van der Waals surface area contributed by atoms with Crippen LogP contribution in [0.1, 0.15) is 49.9 Å². The SMILES string of the molecule is CC1(C)OB(c2cc(C[C@H](NC(=O)OCc3ccccc3)C(=O)OCc3ccccc3)ccc2OCc2ccccc2)OC1(C)C. The summed E-state index contributed by atoms with van der Waals surface area (Å²) in [6.45, 7) is 8.46. The Hall–Kier alpha value is -4.60. The largest absolute Gasteiger partial charge is 0.498 e. The van der Waals surface area contributed by atoms with E-state index in [1.807, 2.05) is 137 Å². The van der Waals surface area contributed by atoms with Gasteiger partial charge in [-0.1, -0.05) is 103 Å². The fourth-order valence-corrected chi connectivity index (χ4v) is 4.91. The van der Waals surface area contributed by atoms with E-state index < -0.39 is 36.4 Å². The Morgan fingerprint density at radius 1 is 0.674 bits per heavy atom. The highest BCUT2D eigenvalue weighted by molar-refractivity contribution is 6.63. The van der Waals surface area contributed by atoms with Crippen molar-refractivity contribution in [1.82, 2.24) is 5.32 Å². The van der Waals surface area contributed by atoms with E-state index in [1.54, 1.807) is 0 Å². The third-order valence-electron chi connectivity index (χ3n) is 8.27. The van der Waals surface area contributed by atoms with Gasteiger partial charge in [0, 0.05) is 11.9 Å². The molecule has 1 N–H and O–H groups in total. The van der Waals surface area contributed by atoms with Crippen molar-refractivity contribution in [3.05, 3.63) is 131 Å². The molecule has 1 fully saturated rings. The van der Waals surface area contributed by atoms with Gasteiger partial charge >= 0.3 is 19.2 Å². The van der Waals surface area contributed by atoms with Crippen LogP contribution in [0, 0.1) is 0 Å². The molecule has 0 saturated carbocycles. The topological polar surface area (TPSA) is 92.3 Å². The first-order chi connectivity index (χ1) is 22.1. The first kappa shape index (κ1) is 32.8. The van der Waals surface area contributed by atoms with Gasteiger partial charge in [-0.15, -0.1) is 0 Å². The summed E-state index contributed by atoms with van der Waals surface area (Å²) in [6.07, 6.45) is -0.584. The minimum Gasteiger partial charge on any atom is -0.489 e. The smallest absolute Gasteiger partial charge is 0.489 e. The predicted octanol–water partition coefficient (Wildman–Crippen LogP) is 6.15. The molecule has 0 radical (unpaired) electrons. The zero-order valence-electron chi connectivity index (χ0n) is 26.7. The number of hydrogen-bond donors (Lipinski definition) is 1. The molecule has 0 spiro atoms. The molecule has 0 aromatic heterocycles. The second kappa shape index (κ2) is 14.7. The summed E-state index contributed by atoms with van der Waals surface area (Å²) in [5, 5.41) is 2.72. The molecule has 46 heavy (non-hydrogen) atoms. The van der Waals surface area contributed by atoms with Crippen LogP contribution in [-0.4, -0.2) is 36.4 Å². The van der Waals surface area contributed by atoms with E-state index in [2.05, 4.69) is 5.32 Å². The van der Waals surface area contributed by atoms with Gasteiger partial charge in [-0.2, -0.15) is 0 Å². The zero-order valence-corrected chi connectivity index (χ0v) is 26.7. The lowest BCUT2D eigenvalue weighted by molar-refractivity contribution is -0.147. The number of ether oxygens (including phenoxy) is 3. The maximum Gasteiger partial charge on any atom is 0.498 e. The van der Waals surface area contributed by atoms with Crippen molar-refractivity contribution in [2.24, 2.45) is 0 Å². The monoisotopic (exact) mass is 621 g/mol. The van der Waals surface area contributed by atoms with E-state index >= 15 is 0 Å². The highest BCUT2D eigenvalue weighted by Gasteiger charge is 2.52. The summed E-state index contributed by atoms with van der Waals surface area (Å²) >= 11 is 0. The molecule has 9 heteroatoms. The van der Waals surface area contributed by atoms with Gasteiger partial charge in [0.05, 0.1) is 11.2 Å². The van der Waals surface area contributed by atoms with Gasteiger partial charge in [-0.05, 0) is 56.0 Å². The molecule has 0 bridgehead atoms. The van der Waals surface area contributed by atoms with Gasteiger partial charge in [0.2, 0.25) is 0 Å². The molecule has 1 aliphatic rings. The molecular weight excluding hydrogens is 581 g/mol. The highest BCUT2D eigenvalue weighted by atomic mass is 16.7. The van der Waals surface area contributed by atoms with Crippen LogP contribution in [-0.2, 0) is 49.8 Å². The van der Waals surface area contributed by atoms with Crippen LogP contribution in [0.3, 0.4) is 0 Å². The Morgan fingerprint density at radius 3 is 1.72 bits per heavy atom. The van der Waals surface area contributed by atoms with Crippen molar-refractivity contribution in [3.8, 4) is 5.75 Å². The minimum atomic E-state index is -1.02. The molecule has 1 heterocycles. The standard InChI is InChI=1S/C37H40BNO7/c1-36(2)37(3,4)46-38(45-36)31-22-30(20-21-33(31)42-24-27-14-8-5-9-15-27)23-32(34(40)43-25-28-16-10-6-11-17-28)39-35(41)44-26-29-18-12-7-13-19-29/h5-22,32H,23-26H2,1-4H3,(H,39,41)/t32-/m0/s1. The predicted molar refractivity (Wildman–Crippen MR) is 176 cm³/mol. The summed E-state index contributed by atoms with van der Waals surface area (Å²) < 4.78 is 30.1. The molecule has 5 rings (SSSR count). The number of carbonyl (C=O) groups is 2. The number of benzene rings is 4. The molecule has 1 saturated heterocycles. The van der Waals surface area contributed by atoms with Gasteiger partial charge in [0.25, 0.3) is 0 Å². The van der Waals surface area contributed by atoms with Gasteiger partial charge in [0.15, 0.2) is 0 Å². The first-order valence-electron chi connectivity index (χ1n) is 15.4. The third kappa shape index (κ3) is 8.56. The number of esters is 1. The number of hydrogen-bond acceptors (Lipinski definition) is 7. The summed E-state index contributed by atoms with van der Waals surface area (Å²) in [4.78, 5) is 26.3. The van der Waals surface area contributed by atoms with Crippen molar-refractivity contribution in [3.63, 3.8) is 0 Å². The van der Waals surface area contributed by atoms with Crippen LogP contribution < -0.4 is 15.5 Å². The average Bonchev–Trinajstić information content (AvgIpc) is 3.28. The molecule has 1 amide bonds. The molecular formula is C37H40BNO7. The van der Waals surface area contributed by atoms with Crippen LogP contribution in [0.5, 0.6) is 5.75 Å². The van der Waals surface area contributed by atoms with E-state index in [1.165, 1.54) is 0 Å². The molecule has 238 valence electrons. The van der Waals surface area contributed by atoms with Gasteiger partial charge < -0.3 is 28.8 Å². The van der Waals surface area contributed by atoms with Gasteiger partial charge in [-0.3, -0.25) is 0 Å². The van der Waals surface area contributed by atoms with E-state index in [-0.39, 0.29) is 19.6 Å². The van der Waals surface area contributed by atoms with Crippen molar-refractivity contribution in [1.29, 1.82) is 0 Å². The van der Waals surface area contributed by atoms with Gasteiger partial charge in [0.1, 0.15) is 31.6 Å². The second-order valence-corrected chi connectivity index (χ2v) is 12.3. The Labute approximate surface area is 271 Å². The first-order valence-corrected chi connectivity index (χ1v) is 15.4. The Balaban J connectivity index is 1.37. The second-order valence-electron chi connectivity index (χ2n) is 12.3. The molecule has 8 nitrogen and oxygen atoms in total. The molecule has 1 aliphatic heterocycles. The number of carbonyl (C=O) groups excluding carboxylic acids is 2. The lowest BCUT2D eigenvalue weighted by Crippen LogP contribution is -2.44. The van der Waals surface area contributed by atoms with E-state index in [4.69, 9.17) is 23.5 Å². The third-order valence-corrected chi connectivity index (χ3v) is 8.27. The molecule has 1 atom stereocenters. The quantitative estimate of drug-likeness (QED) is 0.150. The van der Waals surface area contributed by atoms with Crippen molar-refractivity contribution >= 4 is 24.6 Å². The minimum absolute atomic E-state index is 0.0674. The van der Waals surface area contributed by atoms with Crippen molar-refractivity contribution in [2.45, 2.75) is 71.2 Å². The lowest BCUT2D eigenvalue weighted by Gasteiger charge is -2.32. The zero-order chi connectivity index (χ0) is 32.6. The van der Waals surface area contributed by atoms with Crippen molar-refractivity contribution in [2.75, 3.05) is 0 Å². The Bertz CT molecular complexity index is 1580. The van der Waals surface area contributed by atoms with E-state index in [0.717, 1.165) is 22.3 Å². The van der Waals surface area contributed by atoms with Crippen LogP contribution in [0.15, 0.2) is 109 Å². The number of alkyl carbamates (subject to hydrolysis) is 1. The summed E-state index contributed by atoms with van der Waals surface area (Å²) in [5.41, 5.74) is 2.99.